The second-order valence-electron chi connectivity index (χ2n) is 7.68. The number of hydrogen-bond acceptors (Lipinski definition) is 3. The molecule has 1 amide bonds. The number of benzene rings is 3. The Morgan fingerprint density at radius 2 is 1.48 bits per heavy atom. The molecule has 3 aromatic rings. The fourth-order valence-electron chi connectivity index (χ4n) is 3.33. The largest absolute Gasteiger partial charge is 0.324 e. The van der Waals surface area contributed by atoms with Gasteiger partial charge in [-0.3, -0.25) is 9.10 Å². The van der Waals surface area contributed by atoms with Gasteiger partial charge in [0.25, 0.3) is 10.0 Å². The molecule has 162 valence electrons. The Kier molecular flexibility index (Phi) is 7.06. The highest BCUT2D eigenvalue weighted by Gasteiger charge is 2.27. The number of amides is 1. The minimum atomic E-state index is -3.94. The van der Waals surface area contributed by atoms with E-state index in [-0.39, 0.29) is 11.4 Å². The van der Waals surface area contributed by atoms with E-state index in [0.29, 0.717) is 11.4 Å². The first-order valence-electron chi connectivity index (χ1n) is 9.80. The third-order valence-electron chi connectivity index (χ3n) is 4.85. The van der Waals surface area contributed by atoms with Crippen molar-refractivity contribution in [3.63, 3.8) is 0 Å². The number of halogens is 1. The van der Waals surface area contributed by atoms with Crippen molar-refractivity contribution < 1.29 is 13.2 Å². The third-order valence-corrected chi connectivity index (χ3v) is 7.31. The molecule has 0 unspecified atom stereocenters. The molecule has 3 aromatic carbocycles. The van der Waals surface area contributed by atoms with Crippen LogP contribution >= 0.6 is 22.6 Å². The van der Waals surface area contributed by atoms with E-state index in [1.54, 1.807) is 36.4 Å². The molecule has 3 rings (SSSR count). The molecular formula is C24H25IN2O3S. The van der Waals surface area contributed by atoms with Crippen molar-refractivity contribution in [3.05, 3.63) is 86.5 Å². The quantitative estimate of drug-likeness (QED) is 0.422. The summed E-state index contributed by atoms with van der Waals surface area (Å²) in [5.41, 5.74) is 4.86. The van der Waals surface area contributed by atoms with Gasteiger partial charge in [0.15, 0.2) is 0 Å². The van der Waals surface area contributed by atoms with E-state index in [1.807, 2.05) is 52.0 Å². The van der Waals surface area contributed by atoms with Gasteiger partial charge in [-0.15, -0.1) is 0 Å². The van der Waals surface area contributed by atoms with Gasteiger partial charge in [-0.1, -0.05) is 23.8 Å². The topological polar surface area (TPSA) is 66.5 Å². The van der Waals surface area contributed by atoms with Crippen LogP contribution < -0.4 is 9.62 Å². The normalized spacial score (nSPS) is 11.3. The number of hydrogen-bond donors (Lipinski definition) is 1. The predicted molar refractivity (Wildman–Crippen MR) is 134 cm³/mol. The lowest BCUT2D eigenvalue weighted by atomic mass is 10.1. The molecule has 0 aliphatic heterocycles. The number of carbonyl (C=O) groups is 1. The number of carbonyl (C=O) groups excluding carboxylic acids is 1. The zero-order valence-corrected chi connectivity index (χ0v) is 20.9. The molecule has 31 heavy (non-hydrogen) atoms. The molecule has 0 spiro atoms. The highest BCUT2D eigenvalue weighted by atomic mass is 127. The minimum Gasteiger partial charge on any atom is -0.324 e. The fraction of sp³-hybridized carbons (Fsp3) is 0.208. The van der Waals surface area contributed by atoms with Gasteiger partial charge in [0, 0.05) is 9.26 Å². The van der Waals surface area contributed by atoms with E-state index in [1.165, 1.54) is 4.31 Å². The summed E-state index contributed by atoms with van der Waals surface area (Å²) in [7, 11) is -3.94. The lowest BCUT2D eigenvalue weighted by Gasteiger charge is -2.25. The van der Waals surface area contributed by atoms with E-state index in [4.69, 9.17) is 0 Å². The van der Waals surface area contributed by atoms with E-state index in [0.717, 1.165) is 25.8 Å². The van der Waals surface area contributed by atoms with Gasteiger partial charge in [-0.25, -0.2) is 8.42 Å². The van der Waals surface area contributed by atoms with Gasteiger partial charge in [-0.05, 0) is 109 Å². The number of sulfonamides is 1. The molecule has 0 fully saturated rings. The average Bonchev–Trinajstić information content (AvgIpc) is 2.68. The second kappa shape index (κ2) is 9.40. The van der Waals surface area contributed by atoms with Crippen LogP contribution in [0.1, 0.15) is 22.3 Å². The van der Waals surface area contributed by atoms with Crippen molar-refractivity contribution >= 4 is 49.9 Å². The van der Waals surface area contributed by atoms with Crippen LogP contribution in [0, 0.1) is 31.3 Å². The number of anilines is 2. The summed E-state index contributed by atoms with van der Waals surface area (Å²) < 4.78 is 29.3. The summed E-state index contributed by atoms with van der Waals surface area (Å²) in [6.45, 7) is 7.28. The van der Waals surface area contributed by atoms with Crippen LogP contribution in [0.15, 0.2) is 65.6 Å². The zero-order chi connectivity index (χ0) is 22.8. The maximum Gasteiger partial charge on any atom is 0.264 e. The summed E-state index contributed by atoms with van der Waals surface area (Å²) in [6, 6.07) is 17.9. The Balaban J connectivity index is 1.99. The minimum absolute atomic E-state index is 0.149. The highest BCUT2D eigenvalue weighted by Crippen LogP contribution is 2.26. The van der Waals surface area contributed by atoms with Gasteiger partial charge in [-0.2, -0.15) is 0 Å². The summed E-state index contributed by atoms with van der Waals surface area (Å²) in [5, 5.41) is 2.85. The van der Waals surface area contributed by atoms with Gasteiger partial charge in [0.05, 0.1) is 10.6 Å². The van der Waals surface area contributed by atoms with Crippen molar-refractivity contribution in [2.45, 2.75) is 32.6 Å². The monoisotopic (exact) mass is 548 g/mol. The van der Waals surface area contributed by atoms with Crippen LogP contribution in [0.4, 0.5) is 11.4 Å². The van der Waals surface area contributed by atoms with Crippen molar-refractivity contribution in [1.82, 2.24) is 0 Å². The molecule has 0 radical (unpaired) electrons. The van der Waals surface area contributed by atoms with Crippen molar-refractivity contribution in [2.75, 3.05) is 16.2 Å². The number of nitrogens with one attached hydrogen (secondary N) is 1. The molecule has 5 nitrogen and oxygen atoms in total. The molecule has 0 aliphatic carbocycles. The molecule has 0 saturated heterocycles. The number of aryl methyl sites for hydroxylation is 4. The summed E-state index contributed by atoms with van der Waals surface area (Å²) in [5.74, 6) is -0.404. The Hall–Kier alpha value is -2.39. The molecule has 0 heterocycles. The number of nitrogens with zero attached hydrogens (tertiary/aromatic N) is 1. The zero-order valence-electron chi connectivity index (χ0n) is 17.9. The van der Waals surface area contributed by atoms with Crippen molar-refractivity contribution in [1.29, 1.82) is 0 Å². The molecule has 0 aromatic heterocycles. The van der Waals surface area contributed by atoms with Gasteiger partial charge < -0.3 is 5.32 Å². The van der Waals surface area contributed by atoms with Crippen LogP contribution in [-0.4, -0.2) is 20.9 Å². The first kappa shape index (κ1) is 23.3. The Morgan fingerprint density at radius 1 is 0.871 bits per heavy atom. The smallest absolute Gasteiger partial charge is 0.264 e. The van der Waals surface area contributed by atoms with Crippen LogP contribution in [0.2, 0.25) is 0 Å². The molecule has 0 atom stereocenters. The standard InChI is InChI=1S/C24H25IN2O3S/c1-16-5-8-22(9-6-16)31(29,30)27(21-12-17(2)11-18(3)13-21)15-24(28)26-23-10-7-20(25)14-19(23)4/h5-14H,15H2,1-4H3,(H,26,28). The molecule has 0 aliphatic rings. The Morgan fingerprint density at radius 3 is 2.06 bits per heavy atom. The molecule has 0 saturated carbocycles. The highest BCUT2D eigenvalue weighted by molar-refractivity contribution is 14.1. The second-order valence-corrected chi connectivity index (χ2v) is 10.8. The van der Waals surface area contributed by atoms with E-state index >= 15 is 0 Å². The van der Waals surface area contributed by atoms with E-state index in [2.05, 4.69) is 27.9 Å². The van der Waals surface area contributed by atoms with E-state index < -0.39 is 15.9 Å². The summed E-state index contributed by atoms with van der Waals surface area (Å²) in [4.78, 5) is 13.1. The lowest BCUT2D eigenvalue weighted by molar-refractivity contribution is -0.114. The molecule has 7 heteroatoms. The van der Waals surface area contributed by atoms with Gasteiger partial charge >= 0.3 is 0 Å². The van der Waals surface area contributed by atoms with Crippen LogP contribution in [0.25, 0.3) is 0 Å². The van der Waals surface area contributed by atoms with Crippen molar-refractivity contribution in [2.24, 2.45) is 0 Å². The van der Waals surface area contributed by atoms with Crippen molar-refractivity contribution in [3.8, 4) is 0 Å². The Labute approximate surface area is 197 Å². The van der Waals surface area contributed by atoms with Crippen LogP contribution in [-0.2, 0) is 14.8 Å². The first-order valence-corrected chi connectivity index (χ1v) is 12.3. The molecular weight excluding hydrogens is 523 g/mol. The van der Waals surface area contributed by atoms with E-state index in [9.17, 15) is 13.2 Å². The van der Waals surface area contributed by atoms with Crippen LogP contribution in [0.5, 0.6) is 0 Å². The predicted octanol–water partition coefficient (Wildman–Crippen LogP) is 5.36. The fourth-order valence-corrected chi connectivity index (χ4v) is 5.39. The summed E-state index contributed by atoms with van der Waals surface area (Å²) in [6.07, 6.45) is 0. The SMILES string of the molecule is Cc1ccc(S(=O)(=O)N(CC(=O)Nc2ccc(I)cc2C)c2cc(C)cc(C)c2)cc1. The average molecular weight is 548 g/mol. The van der Waals surface area contributed by atoms with Gasteiger partial charge in [0.1, 0.15) is 6.54 Å². The maximum absolute atomic E-state index is 13.5. The molecule has 0 bridgehead atoms. The molecule has 1 N–H and O–H groups in total. The van der Waals surface area contributed by atoms with Gasteiger partial charge in [0.2, 0.25) is 5.91 Å². The maximum atomic E-state index is 13.5. The third kappa shape index (κ3) is 5.65. The Bertz CT molecular complexity index is 1200. The first-order chi connectivity index (χ1) is 14.6. The summed E-state index contributed by atoms with van der Waals surface area (Å²) >= 11 is 2.21. The van der Waals surface area contributed by atoms with Crippen LogP contribution in [0.3, 0.4) is 0 Å². The lowest BCUT2D eigenvalue weighted by Crippen LogP contribution is -2.38. The number of rotatable bonds is 6.